The molecule has 1 atom stereocenters. The van der Waals surface area contributed by atoms with Gasteiger partial charge in [-0.1, -0.05) is 26.0 Å². The average molecular weight is 637 g/mol. The number of ether oxygens (including phenoxy) is 3. The first-order valence-electron chi connectivity index (χ1n) is 13.7. The van der Waals surface area contributed by atoms with Gasteiger partial charge in [-0.05, 0) is 103 Å². The molecule has 0 aliphatic carbocycles. The van der Waals surface area contributed by atoms with Crippen LogP contribution in [0.1, 0.15) is 57.2 Å². The molecule has 0 unspecified atom stereocenters. The van der Waals surface area contributed by atoms with E-state index in [0.29, 0.717) is 45.7 Å². The van der Waals surface area contributed by atoms with Crippen LogP contribution in [0, 0.1) is 6.92 Å². The maximum absolute atomic E-state index is 13.8. The summed E-state index contributed by atoms with van der Waals surface area (Å²) >= 11 is 3.47. The summed E-state index contributed by atoms with van der Waals surface area (Å²) in [5, 5.41) is 14.4. The number of aryl methyl sites for hydroxylation is 1. The maximum Gasteiger partial charge on any atom is 0.344 e. The van der Waals surface area contributed by atoms with Crippen molar-refractivity contribution in [1.82, 2.24) is 9.66 Å². The van der Waals surface area contributed by atoms with E-state index in [1.54, 1.807) is 24.3 Å². The van der Waals surface area contributed by atoms with E-state index in [-0.39, 0.29) is 17.2 Å². The normalized spacial score (nSPS) is 12.2. The predicted molar refractivity (Wildman–Crippen MR) is 167 cm³/mol. The zero-order valence-electron chi connectivity index (χ0n) is 24.5. The molecule has 9 nitrogen and oxygen atoms in total. The first-order chi connectivity index (χ1) is 20.0. The summed E-state index contributed by atoms with van der Waals surface area (Å²) in [6, 6.07) is 14.6. The van der Waals surface area contributed by atoms with Crippen molar-refractivity contribution < 1.29 is 24.1 Å². The van der Waals surface area contributed by atoms with Crippen molar-refractivity contribution in [1.29, 1.82) is 0 Å². The second-order valence-electron chi connectivity index (χ2n) is 9.97. The molecule has 4 rings (SSSR count). The summed E-state index contributed by atoms with van der Waals surface area (Å²) in [6.07, 6.45) is 0.449. The first-order valence-corrected chi connectivity index (χ1v) is 14.5. The fourth-order valence-corrected chi connectivity index (χ4v) is 5.02. The lowest BCUT2D eigenvalue weighted by Gasteiger charge is -2.18. The summed E-state index contributed by atoms with van der Waals surface area (Å²) in [5.41, 5.74) is 3.52. The highest BCUT2D eigenvalue weighted by Crippen LogP contribution is 2.38. The van der Waals surface area contributed by atoms with Gasteiger partial charge in [0.1, 0.15) is 5.75 Å². The van der Waals surface area contributed by atoms with Crippen molar-refractivity contribution in [2.75, 3.05) is 13.2 Å². The number of aliphatic carboxylic acids is 1. The Morgan fingerprint density at radius 1 is 1.07 bits per heavy atom. The molecule has 0 saturated carbocycles. The van der Waals surface area contributed by atoms with E-state index < -0.39 is 12.1 Å². The lowest BCUT2D eigenvalue weighted by Crippen LogP contribution is -2.23. The smallest absolute Gasteiger partial charge is 0.344 e. The molecule has 1 N–H and O–H groups in total. The summed E-state index contributed by atoms with van der Waals surface area (Å²) < 4.78 is 19.1. The molecule has 10 heteroatoms. The lowest BCUT2D eigenvalue weighted by atomic mass is 9.96. The zero-order chi connectivity index (χ0) is 30.6. The van der Waals surface area contributed by atoms with Gasteiger partial charge < -0.3 is 19.3 Å². The summed E-state index contributed by atoms with van der Waals surface area (Å²) in [5.74, 6) is 0.885. The number of carboxylic acid groups (broad SMARTS) is 1. The van der Waals surface area contributed by atoms with Gasteiger partial charge in [-0.2, -0.15) is 9.78 Å². The predicted octanol–water partition coefficient (Wildman–Crippen LogP) is 6.79. The molecule has 0 amide bonds. The molecule has 0 spiro atoms. The van der Waals surface area contributed by atoms with Crippen molar-refractivity contribution >= 4 is 39.0 Å². The van der Waals surface area contributed by atoms with Crippen LogP contribution in [-0.2, 0) is 4.79 Å². The Morgan fingerprint density at radius 3 is 2.43 bits per heavy atom. The van der Waals surface area contributed by atoms with E-state index >= 15 is 0 Å². The molecular weight excluding hydrogens is 602 g/mol. The van der Waals surface area contributed by atoms with E-state index in [1.807, 2.05) is 45.0 Å². The number of para-hydroxylation sites is 1. The molecule has 1 heterocycles. The lowest BCUT2D eigenvalue weighted by molar-refractivity contribution is -0.144. The summed E-state index contributed by atoms with van der Waals surface area (Å²) in [4.78, 5) is 30.0. The van der Waals surface area contributed by atoms with Gasteiger partial charge in [0, 0.05) is 5.56 Å². The standard InChI is InChI=1S/C32H34BrN3O6/c1-7-40-27-13-19(5)24(16-23(27)18(3)4)30-35-26-12-10-9-11-22(26)31(37)36(30)34-17-21-14-25(33)29(28(15-21)41-8-2)42-20(6)32(38)39/h9-18,20H,7-8H2,1-6H3,(H,38,39)/t20-/m0/s1. The van der Waals surface area contributed by atoms with Crippen molar-refractivity contribution in [2.24, 2.45) is 5.10 Å². The van der Waals surface area contributed by atoms with Crippen LogP contribution in [0.3, 0.4) is 0 Å². The number of nitrogens with zero attached hydrogens (tertiary/aromatic N) is 3. The molecule has 0 aliphatic rings. The van der Waals surface area contributed by atoms with E-state index in [1.165, 1.54) is 17.8 Å². The highest BCUT2D eigenvalue weighted by molar-refractivity contribution is 9.10. The number of rotatable bonds is 11. The van der Waals surface area contributed by atoms with Gasteiger partial charge in [0.25, 0.3) is 5.56 Å². The minimum absolute atomic E-state index is 0.175. The largest absolute Gasteiger partial charge is 0.494 e. The van der Waals surface area contributed by atoms with Crippen molar-refractivity contribution in [3.05, 3.63) is 80.0 Å². The third kappa shape index (κ3) is 6.49. The van der Waals surface area contributed by atoms with Crippen LogP contribution in [0.2, 0.25) is 0 Å². The Kier molecular flexibility index (Phi) is 9.67. The molecule has 0 saturated heterocycles. The Labute approximate surface area is 252 Å². The van der Waals surface area contributed by atoms with Gasteiger partial charge in [0.15, 0.2) is 23.4 Å². The molecule has 4 aromatic rings. The Morgan fingerprint density at radius 2 is 1.76 bits per heavy atom. The number of hydrogen-bond acceptors (Lipinski definition) is 7. The summed E-state index contributed by atoms with van der Waals surface area (Å²) in [7, 11) is 0. The van der Waals surface area contributed by atoms with E-state index in [2.05, 4.69) is 34.9 Å². The number of hydrogen-bond donors (Lipinski definition) is 1. The Balaban J connectivity index is 1.90. The van der Waals surface area contributed by atoms with Crippen LogP contribution in [0.25, 0.3) is 22.3 Å². The fourth-order valence-electron chi connectivity index (χ4n) is 4.47. The van der Waals surface area contributed by atoms with Crippen molar-refractivity contribution in [3.63, 3.8) is 0 Å². The first kappa shape index (κ1) is 30.8. The Hall–Kier alpha value is -4.18. The van der Waals surface area contributed by atoms with Gasteiger partial charge in [-0.3, -0.25) is 4.79 Å². The number of carboxylic acids is 1. The van der Waals surface area contributed by atoms with Crippen LogP contribution in [0.4, 0.5) is 0 Å². The molecule has 220 valence electrons. The second kappa shape index (κ2) is 13.2. The molecule has 1 aromatic heterocycles. The summed E-state index contributed by atoms with van der Waals surface area (Å²) in [6.45, 7) is 12.2. The molecule has 0 radical (unpaired) electrons. The van der Waals surface area contributed by atoms with E-state index in [9.17, 15) is 14.7 Å². The maximum atomic E-state index is 13.8. The quantitative estimate of drug-likeness (QED) is 0.181. The van der Waals surface area contributed by atoms with Crippen LogP contribution >= 0.6 is 15.9 Å². The zero-order valence-corrected chi connectivity index (χ0v) is 26.1. The monoisotopic (exact) mass is 635 g/mol. The van der Waals surface area contributed by atoms with E-state index in [4.69, 9.17) is 19.2 Å². The average Bonchev–Trinajstić information content (AvgIpc) is 2.94. The number of carbonyl (C=O) groups is 1. The third-order valence-corrected chi connectivity index (χ3v) is 7.16. The third-order valence-electron chi connectivity index (χ3n) is 6.57. The Bertz CT molecular complexity index is 1710. The highest BCUT2D eigenvalue weighted by atomic mass is 79.9. The van der Waals surface area contributed by atoms with E-state index in [0.717, 1.165) is 22.4 Å². The molecule has 0 fully saturated rings. The molecule has 0 bridgehead atoms. The number of fused-ring (bicyclic) bond motifs is 1. The molecular formula is C32H34BrN3O6. The highest BCUT2D eigenvalue weighted by Gasteiger charge is 2.21. The van der Waals surface area contributed by atoms with Crippen LogP contribution in [0.15, 0.2) is 62.9 Å². The molecule has 3 aromatic carbocycles. The van der Waals surface area contributed by atoms with Crippen molar-refractivity contribution in [3.8, 4) is 28.6 Å². The number of benzene rings is 3. The van der Waals surface area contributed by atoms with Crippen LogP contribution < -0.4 is 19.8 Å². The minimum Gasteiger partial charge on any atom is -0.494 e. The van der Waals surface area contributed by atoms with Gasteiger partial charge in [-0.15, -0.1) is 0 Å². The second-order valence-corrected chi connectivity index (χ2v) is 10.8. The molecule has 0 aliphatic heterocycles. The number of aromatic nitrogens is 2. The van der Waals surface area contributed by atoms with Gasteiger partial charge in [0.05, 0.1) is 34.8 Å². The SMILES string of the molecule is CCOc1cc(C)c(-c2nc3ccccc3c(=O)n2N=Cc2cc(Br)c(O[C@@H](C)C(=O)O)c(OCC)c2)cc1C(C)C. The van der Waals surface area contributed by atoms with Gasteiger partial charge in [-0.25, -0.2) is 9.78 Å². The minimum atomic E-state index is -1.10. The van der Waals surface area contributed by atoms with Gasteiger partial charge in [0.2, 0.25) is 0 Å². The van der Waals surface area contributed by atoms with Gasteiger partial charge >= 0.3 is 5.97 Å². The van der Waals surface area contributed by atoms with Crippen LogP contribution in [0.5, 0.6) is 17.2 Å². The molecule has 42 heavy (non-hydrogen) atoms. The van der Waals surface area contributed by atoms with Crippen LogP contribution in [-0.4, -0.2) is 46.3 Å². The fraction of sp³-hybridized carbons (Fsp3) is 0.312. The topological polar surface area (TPSA) is 112 Å². The number of halogens is 1. The van der Waals surface area contributed by atoms with Crippen molar-refractivity contribution in [2.45, 2.75) is 53.6 Å².